The van der Waals surface area contributed by atoms with Crippen molar-refractivity contribution >= 4 is 6.09 Å². The number of hydrogen-bond acceptors (Lipinski definition) is 3. The first kappa shape index (κ1) is 12.1. The quantitative estimate of drug-likeness (QED) is 0.841. The topological polar surface area (TPSA) is 62.1 Å². The zero-order valence-corrected chi connectivity index (χ0v) is 9.14. The maximum absolute atomic E-state index is 11.2. The van der Waals surface area contributed by atoms with Crippen LogP contribution < -0.4 is 5.32 Å². The van der Waals surface area contributed by atoms with E-state index in [0.717, 1.165) is 5.56 Å². The summed E-state index contributed by atoms with van der Waals surface area (Å²) in [5, 5.41) is 11.0. The second-order valence-corrected chi connectivity index (χ2v) is 3.47. The van der Waals surface area contributed by atoms with Crippen molar-refractivity contribution in [2.24, 2.45) is 5.92 Å². The van der Waals surface area contributed by atoms with Gasteiger partial charge in [0.05, 0.1) is 12.0 Å². The van der Waals surface area contributed by atoms with Crippen molar-refractivity contribution < 1.29 is 9.53 Å². The van der Waals surface area contributed by atoms with Crippen molar-refractivity contribution in [2.45, 2.75) is 13.5 Å². The zero-order valence-electron chi connectivity index (χ0n) is 9.14. The fraction of sp³-hybridized carbons (Fsp3) is 0.333. The van der Waals surface area contributed by atoms with Gasteiger partial charge in [0, 0.05) is 6.54 Å². The van der Waals surface area contributed by atoms with E-state index >= 15 is 0 Å². The highest BCUT2D eigenvalue weighted by Gasteiger charge is 2.04. The molecular formula is C12H14N2O2. The number of rotatable bonds is 4. The number of nitrogens with zero attached hydrogens (tertiary/aromatic N) is 1. The molecule has 1 unspecified atom stereocenters. The van der Waals surface area contributed by atoms with Gasteiger partial charge in [0.25, 0.3) is 0 Å². The monoisotopic (exact) mass is 218 g/mol. The number of amides is 1. The fourth-order valence-electron chi connectivity index (χ4n) is 1.06. The first-order valence-electron chi connectivity index (χ1n) is 5.06. The molecule has 1 aromatic rings. The molecular weight excluding hydrogens is 204 g/mol. The van der Waals surface area contributed by atoms with Gasteiger partial charge in [-0.1, -0.05) is 30.3 Å². The number of ether oxygens (including phenoxy) is 1. The highest BCUT2D eigenvalue weighted by Crippen LogP contribution is 2.00. The van der Waals surface area contributed by atoms with Crippen LogP contribution in [0.3, 0.4) is 0 Å². The summed E-state index contributed by atoms with van der Waals surface area (Å²) in [7, 11) is 0. The maximum Gasteiger partial charge on any atom is 0.407 e. The van der Waals surface area contributed by atoms with Gasteiger partial charge in [-0.15, -0.1) is 0 Å². The highest BCUT2D eigenvalue weighted by atomic mass is 16.5. The van der Waals surface area contributed by atoms with Crippen molar-refractivity contribution in [1.82, 2.24) is 5.32 Å². The molecule has 0 saturated heterocycles. The smallest absolute Gasteiger partial charge is 0.407 e. The lowest BCUT2D eigenvalue weighted by atomic mass is 10.2. The van der Waals surface area contributed by atoms with Gasteiger partial charge in [-0.05, 0) is 12.5 Å². The predicted molar refractivity (Wildman–Crippen MR) is 59.4 cm³/mol. The average molecular weight is 218 g/mol. The minimum absolute atomic E-state index is 0.204. The molecule has 1 aromatic carbocycles. The summed E-state index contributed by atoms with van der Waals surface area (Å²) in [6, 6.07) is 11.5. The van der Waals surface area contributed by atoms with Crippen LogP contribution in [-0.4, -0.2) is 12.6 Å². The fourth-order valence-corrected chi connectivity index (χ4v) is 1.06. The Hall–Kier alpha value is -2.02. The maximum atomic E-state index is 11.2. The number of nitriles is 1. The van der Waals surface area contributed by atoms with Gasteiger partial charge < -0.3 is 10.1 Å². The normalized spacial score (nSPS) is 11.2. The number of carbonyl (C=O) groups excluding carboxylic acids is 1. The lowest BCUT2D eigenvalue weighted by Gasteiger charge is -2.07. The molecule has 0 aliphatic carbocycles. The number of alkyl carbamates (subject to hydrolysis) is 1. The van der Waals surface area contributed by atoms with E-state index in [1.54, 1.807) is 6.92 Å². The van der Waals surface area contributed by atoms with E-state index < -0.39 is 6.09 Å². The molecule has 0 aliphatic heterocycles. The van der Waals surface area contributed by atoms with Crippen molar-refractivity contribution in [3.63, 3.8) is 0 Å². The third-order valence-electron chi connectivity index (χ3n) is 1.99. The third-order valence-corrected chi connectivity index (χ3v) is 1.99. The largest absolute Gasteiger partial charge is 0.445 e. The Morgan fingerprint density at radius 1 is 1.50 bits per heavy atom. The van der Waals surface area contributed by atoms with E-state index in [9.17, 15) is 4.79 Å². The molecule has 84 valence electrons. The van der Waals surface area contributed by atoms with Crippen LogP contribution in [0.1, 0.15) is 12.5 Å². The van der Waals surface area contributed by atoms with Crippen LogP contribution in [0.25, 0.3) is 0 Å². The van der Waals surface area contributed by atoms with Crippen LogP contribution in [0.5, 0.6) is 0 Å². The zero-order chi connectivity index (χ0) is 11.8. The van der Waals surface area contributed by atoms with Crippen LogP contribution in [-0.2, 0) is 11.3 Å². The van der Waals surface area contributed by atoms with Gasteiger partial charge in [-0.25, -0.2) is 4.79 Å². The molecule has 0 heterocycles. The van der Waals surface area contributed by atoms with Crippen molar-refractivity contribution in [3.05, 3.63) is 35.9 Å². The Bertz CT molecular complexity index is 370. The van der Waals surface area contributed by atoms with Crippen LogP contribution in [0, 0.1) is 17.2 Å². The Morgan fingerprint density at radius 2 is 2.19 bits per heavy atom. The minimum atomic E-state index is -0.494. The molecule has 0 aliphatic rings. The molecule has 0 bridgehead atoms. The Labute approximate surface area is 94.8 Å². The second-order valence-electron chi connectivity index (χ2n) is 3.47. The first-order valence-corrected chi connectivity index (χ1v) is 5.06. The van der Waals surface area contributed by atoms with Gasteiger partial charge in [0.2, 0.25) is 0 Å². The molecule has 1 amide bonds. The van der Waals surface area contributed by atoms with E-state index in [1.165, 1.54) is 0 Å². The molecule has 4 heteroatoms. The van der Waals surface area contributed by atoms with Crippen LogP contribution in [0.15, 0.2) is 30.3 Å². The highest BCUT2D eigenvalue weighted by molar-refractivity contribution is 5.67. The summed E-state index contributed by atoms with van der Waals surface area (Å²) in [6.45, 7) is 2.29. The number of benzene rings is 1. The van der Waals surface area contributed by atoms with E-state index in [4.69, 9.17) is 10.00 Å². The van der Waals surface area contributed by atoms with Gasteiger partial charge in [-0.3, -0.25) is 0 Å². The summed E-state index contributed by atoms with van der Waals surface area (Å²) in [5.41, 5.74) is 0.936. The molecule has 0 spiro atoms. The van der Waals surface area contributed by atoms with Gasteiger partial charge in [0.15, 0.2) is 0 Å². The van der Waals surface area contributed by atoms with Crippen molar-refractivity contribution in [2.75, 3.05) is 6.54 Å². The van der Waals surface area contributed by atoms with E-state index in [-0.39, 0.29) is 12.5 Å². The molecule has 0 radical (unpaired) electrons. The van der Waals surface area contributed by atoms with Gasteiger partial charge in [-0.2, -0.15) is 5.26 Å². The van der Waals surface area contributed by atoms with Gasteiger partial charge in [0.1, 0.15) is 6.61 Å². The van der Waals surface area contributed by atoms with Crippen LogP contribution in [0.2, 0.25) is 0 Å². The summed E-state index contributed by atoms with van der Waals surface area (Å²) >= 11 is 0. The van der Waals surface area contributed by atoms with Crippen LogP contribution in [0.4, 0.5) is 4.79 Å². The van der Waals surface area contributed by atoms with E-state index in [1.807, 2.05) is 36.4 Å². The molecule has 0 fully saturated rings. The number of carbonyl (C=O) groups is 1. The number of hydrogen-bond donors (Lipinski definition) is 1. The van der Waals surface area contributed by atoms with Crippen molar-refractivity contribution in [1.29, 1.82) is 5.26 Å². The Kier molecular flexibility index (Phi) is 4.87. The van der Waals surface area contributed by atoms with E-state index in [2.05, 4.69) is 5.32 Å². The summed E-state index contributed by atoms with van der Waals surface area (Å²) in [6.07, 6.45) is -0.494. The molecule has 1 N–H and O–H groups in total. The Balaban J connectivity index is 2.24. The first-order chi connectivity index (χ1) is 7.72. The summed E-state index contributed by atoms with van der Waals surface area (Å²) in [5.74, 6) is -0.204. The SMILES string of the molecule is CC(C#N)CNC(=O)OCc1ccccc1. The van der Waals surface area contributed by atoms with E-state index in [0.29, 0.717) is 6.54 Å². The number of nitrogens with one attached hydrogen (secondary N) is 1. The standard InChI is InChI=1S/C12H14N2O2/c1-10(7-13)8-14-12(15)16-9-11-5-3-2-4-6-11/h2-6,10H,8-9H2,1H3,(H,14,15). The minimum Gasteiger partial charge on any atom is -0.445 e. The molecule has 1 rings (SSSR count). The summed E-state index contributed by atoms with van der Waals surface area (Å²) in [4.78, 5) is 11.2. The third kappa shape index (κ3) is 4.47. The second kappa shape index (κ2) is 6.46. The molecule has 4 nitrogen and oxygen atoms in total. The average Bonchev–Trinajstić information content (AvgIpc) is 2.34. The van der Waals surface area contributed by atoms with Crippen molar-refractivity contribution in [3.8, 4) is 6.07 Å². The summed E-state index contributed by atoms with van der Waals surface area (Å²) < 4.78 is 4.96. The Morgan fingerprint density at radius 3 is 2.81 bits per heavy atom. The molecule has 0 saturated carbocycles. The van der Waals surface area contributed by atoms with Crippen LogP contribution >= 0.6 is 0 Å². The van der Waals surface area contributed by atoms with Gasteiger partial charge >= 0.3 is 6.09 Å². The molecule has 16 heavy (non-hydrogen) atoms. The molecule has 0 aromatic heterocycles. The lowest BCUT2D eigenvalue weighted by molar-refractivity contribution is 0.139. The lowest BCUT2D eigenvalue weighted by Crippen LogP contribution is -2.28. The molecule has 1 atom stereocenters. The predicted octanol–water partition coefficient (Wildman–Crippen LogP) is 2.07.